The molecule has 0 aromatic carbocycles. The second kappa shape index (κ2) is 7.01. The Kier molecular flexibility index (Phi) is 5.98. The highest BCUT2D eigenvalue weighted by molar-refractivity contribution is 9.10. The van der Waals surface area contributed by atoms with Crippen molar-refractivity contribution in [3.8, 4) is 0 Å². The van der Waals surface area contributed by atoms with Crippen molar-refractivity contribution >= 4 is 21.7 Å². The minimum Gasteiger partial charge on any atom is -0.346 e. The lowest BCUT2D eigenvalue weighted by molar-refractivity contribution is -0.167. The van der Waals surface area contributed by atoms with Crippen LogP contribution < -0.4 is 0 Å². The fraction of sp³-hybridized carbons (Fsp3) is 0.667. The normalized spacial score (nSPS) is 11.2. The Morgan fingerprint density at radius 2 is 1.94 bits per heavy atom. The van der Waals surface area contributed by atoms with Gasteiger partial charge < -0.3 is 9.47 Å². The number of ketones is 1. The van der Waals surface area contributed by atoms with Crippen LogP contribution in [0.4, 0.5) is 0 Å². The second-order valence-corrected chi connectivity index (χ2v) is 4.65. The van der Waals surface area contributed by atoms with Crippen LogP contribution in [0.2, 0.25) is 0 Å². The molecule has 0 bridgehead atoms. The topological polar surface area (TPSA) is 53.4 Å². The lowest BCUT2D eigenvalue weighted by Crippen LogP contribution is -2.29. The van der Waals surface area contributed by atoms with E-state index in [4.69, 9.17) is 9.47 Å². The number of aryl methyl sites for hydroxylation is 2. The van der Waals surface area contributed by atoms with E-state index in [0.717, 1.165) is 15.9 Å². The lowest BCUT2D eigenvalue weighted by Gasteiger charge is -2.15. The zero-order chi connectivity index (χ0) is 13.7. The molecule has 0 spiro atoms. The first-order chi connectivity index (χ1) is 8.51. The van der Waals surface area contributed by atoms with Crippen molar-refractivity contribution < 1.29 is 14.3 Å². The van der Waals surface area contributed by atoms with E-state index in [1.165, 1.54) is 0 Å². The number of aromatic nitrogens is 2. The smallest absolute Gasteiger partial charge is 0.218 e. The van der Waals surface area contributed by atoms with Gasteiger partial charge in [-0.15, -0.1) is 0 Å². The molecule has 0 aliphatic carbocycles. The maximum absolute atomic E-state index is 12.1. The van der Waals surface area contributed by atoms with E-state index in [1.807, 2.05) is 27.8 Å². The van der Waals surface area contributed by atoms with E-state index in [-0.39, 0.29) is 12.2 Å². The number of hydrogen-bond donors (Lipinski definition) is 0. The molecule has 0 N–H and O–H groups in total. The molecule has 1 rings (SSSR count). The van der Waals surface area contributed by atoms with E-state index >= 15 is 0 Å². The van der Waals surface area contributed by atoms with Crippen LogP contribution in [0.25, 0.3) is 0 Å². The Hall–Kier alpha value is -0.720. The van der Waals surface area contributed by atoms with Gasteiger partial charge in [0.25, 0.3) is 0 Å². The van der Waals surface area contributed by atoms with E-state index in [2.05, 4.69) is 21.0 Å². The van der Waals surface area contributed by atoms with Crippen molar-refractivity contribution in [2.75, 3.05) is 13.2 Å². The molecule has 0 fully saturated rings. The Labute approximate surface area is 116 Å². The Bertz CT molecular complexity index is 412. The summed E-state index contributed by atoms with van der Waals surface area (Å²) in [5.74, 6) is -0.0950. The van der Waals surface area contributed by atoms with Gasteiger partial charge in [-0.2, -0.15) is 5.10 Å². The van der Waals surface area contributed by atoms with E-state index in [9.17, 15) is 4.79 Å². The summed E-state index contributed by atoms with van der Waals surface area (Å²) >= 11 is 3.44. The number of rotatable bonds is 7. The third-order valence-electron chi connectivity index (χ3n) is 2.50. The number of carbonyl (C=O) groups excluding carboxylic acids is 1. The van der Waals surface area contributed by atoms with Crippen LogP contribution in [0.5, 0.6) is 0 Å². The van der Waals surface area contributed by atoms with Crippen molar-refractivity contribution in [2.24, 2.45) is 7.05 Å². The van der Waals surface area contributed by atoms with Crippen molar-refractivity contribution in [3.63, 3.8) is 0 Å². The SMILES string of the molecule is CCOC(OCC)C(=O)Cc1c(Br)c(C)nn1C. The quantitative estimate of drug-likeness (QED) is 0.722. The summed E-state index contributed by atoms with van der Waals surface area (Å²) in [6.45, 7) is 6.46. The van der Waals surface area contributed by atoms with Gasteiger partial charge in [0.1, 0.15) is 0 Å². The van der Waals surface area contributed by atoms with Crippen LogP contribution in [0.1, 0.15) is 25.2 Å². The second-order valence-electron chi connectivity index (χ2n) is 3.86. The zero-order valence-electron chi connectivity index (χ0n) is 11.2. The average Bonchev–Trinajstić information content (AvgIpc) is 2.55. The molecule has 0 saturated carbocycles. The first-order valence-corrected chi connectivity index (χ1v) is 6.74. The number of ether oxygens (including phenoxy) is 2. The highest BCUT2D eigenvalue weighted by atomic mass is 79.9. The van der Waals surface area contributed by atoms with Gasteiger partial charge in [0.15, 0.2) is 5.78 Å². The van der Waals surface area contributed by atoms with Crippen LogP contribution in [0.3, 0.4) is 0 Å². The fourth-order valence-corrected chi connectivity index (χ4v) is 2.13. The van der Waals surface area contributed by atoms with Crippen LogP contribution >= 0.6 is 15.9 Å². The van der Waals surface area contributed by atoms with Gasteiger partial charge in [-0.3, -0.25) is 9.48 Å². The van der Waals surface area contributed by atoms with Crippen LogP contribution in [0.15, 0.2) is 4.47 Å². The largest absolute Gasteiger partial charge is 0.346 e. The molecule has 0 aliphatic rings. The third-order valence-corrected chi connectivity index (χ3v) is 3.53. The average molecular weight is 319 g/mol. The van der Waals surface area contributed by atoms with Gasteiger partial charge in [-0.1, -0.05) is 0 Å². The minimum atomic E-state index is -0.790. The molecule has 102 valence electrons. The monoisotopic (exact) mass is 318 g/mol. The number of nitrogens with zero attached hydrogens (tertiary/aromatic N) is 2. The summed E-state index contributed by atoms with van der Waals surface area (Å²) in [6, 6.07) is 0. The molecule has 0 unspecified atom stereocenters. The first-order valence-electron chi connectivity index (χ1n) is 5.95. The molecule has 0 amide bonds. The maximum Gasteiger partial charge on any atom is 0.218 e. The van der Waals surface area contributed by atoms with Crippen molar-refractivity contribution in [3.05, 3.63) is 15.9 Å². The predicted octanol–water partition coefficient (Wildman–Crippen LogP) is 2.00. The van der Waals surface area contributed by atoms with Gasteiger partial charge in [0.2, 0.25) is 6.29 Å². The minimum absolute atomic E-state index is 0.0950. The van der Waals surface area contributed by atoms with Gasteiger partial charge in [0.05, 0.1) is 22.3 Å². The molecule has 0 atom stereocenters. The van der Waals surface area contributed by atoms with Crippen molar-refractivity contribution in [2.45, 2.75) is 33.5 Å². The van der Waals surface area contributed by atoms with Crippen LogP contribution in [-0.4, -0.2) is 35.1 Å². The van der Waals surface area contributed by atoms with Crippen LogP contribution in [0, 0.1) is 6.92 Å². The highest BCUT2D eigenvalue weighted by Gasteiger charge is 2.22. The molecule has 0 aliphatic heterocycles. The summed E-state index contributed by atoms with van der Waals surface area (Å²) in [7, 11) is 1.82. The molecule has 1 aromatic rings. The first kappa shape index (κ1) is 15.3. The predicted molar refractivity (Wildman–Crippen MR) is 71.4 cm³/mol. The highest BCUT2D eigenvalue weighted by Crippen LogP contribution is 2.21. The summed E-state index contributed by atoms with van der Waals surface area (Å²) in [6.07, 6.45) is -0.551. The van der Waals surface area contributed by atoms with Gasteiger partial charge >= 0.3 is 0 Å². The van der Waals surface area contributed by atoms with Gasteiger partial charge in [-0.05, 0) is 36.7 Å². The van der Waals surface area contributed by atoms with Crippen molar-refractivity contribution in [1.82, 2.24) is 9.78 Å². The Balaban J connectivity index is 2.78. The molecule has 0 radical (unpaired) electrons. The number of carbonyl (C=O) groups is 1. The van der Waals surface area contributed by atoms with E-state index in [0.29, 0.717) is 13.2 Å². The van der Waals surface area contributed by atoms with E-state index in [1.54, 1.807) is 4.68 Å². The molecule has 5 nitrogen and oxygen atoms in total. The lowest BCUT2D eigenvalue weighted by atomic mass is 10.2. The molecular weight excluding hydrogens is 300 g/mol. The molecule has 1 aromatic heterocycles. The molecule has 1 heterocycles. The fourth-order valence-electron chi connectivity index (χ4n) is 1.66. The van der Waals surface area contributed by atoms with Crippen LogP contribution in [-0.2, 0) is 27.7 Å². The number of hydrogen-bond acceptors (Lipinski definition) is 4. The van der Waals surface area contributed by atoms with E-state index < -0.39 is 6.29 Å². The Morgan fingerprint density at radius 1 is 1.39 bits per heavy atom. The third kappa shape index (κ3) is 3.63. The molecule has 18 heavy (non-hydrogen) atoms. The summed E-state index contributed by atoms with van der Waals surface area (Å²) in [4.78, 5) is 12.1. The molecule has 6 heteroatoms. The zero-order valence-corrected chi connectivity index (χ0v) is 12.8. The summed E-state index contributed by atoms with van der Waals surface area (Å²) < 4.78 is 13.1. The van der Waals surface area contributed by atoms with Crippen molar-refractivity contribution in [1.29, 1.82) is 0 Å². The number of halogens is 1. The van der Waals surface area contributed by atoms with Gasteiger partial charge in [-0.25, -0.2) is 0 Å². The summed E-state index contributed by atoms with van der Waals surface area (Å²) in [5.41, 5.74) is 1.70. The molecular formula is C12H19BrN2O3. The Morgan fingerprint density at radius 3 is 2.33 bits per heavy atom. The molecule has 0 saturated heterocycles. The van der Waals surface area contributed by atoms with Gasteiger partial charge in [0, 0.05) is 20.3 Å². The standard InChI is InChI=1S/C12H19BrN2O3/c1-5-17-12(18-6-2)10(16)7-9-11(13)8(3)14-15(9)4/h12H,5-7H2,1-4H3. The maximum atomic E-state index is 12.1. The summed E-state index contributed by atoms with van der Waals surface area (Å²) in [5, 5.41) is 4.25. The number of Topliss-reactive ketones (excluding diaryl/α,β-unsaturated/α-hetero) is 1.